The Kier molecular flexibility index (Phi) is 5.84. The number of hydrogen-bond acceptors (Lipinski definition) is 4. The first-order chi connectivity index (χ1) is 12.7. The second-order valence-corrected chi connectivity index (χ2v) is 8.41. The van der Waals surface area contributed by atoms with Crippen molar-refractivity contribution < 1.29 is 9.59 Å². The van der Waals surface area contributed by atoms with Crippen molar-refractivity contribution in [1.29, 1.82) is 0 Å². The van der Waals surface area contributed by atoms with Gasteiger partial charge in [0.2, 0.25) is 0 Å². The molecule has 0 atom stereocenters. The summed E-state index contributed by atoms with van der Waals surface area (Å²) in [5.74, 6) is -0.550. The quantitative estimate of drug-likeness (QED) is 0.713. The van der Waals surface area contributed by atoms with Crippen LogP contribution in [0.3, 0.4) is 0 Å². The molecule has 5 nitrogen and oxygen atoms in total. The topological polar surface area (TPSA) is 43.9 Å². The Morgan fingerprint density at radius 2 is 1.74 bits per heavy atom. The van der Waals surface area contributed by atoms with Crippen LogP contribution in [0.25, 0.3) is 5.57 Å². The summed E-state index contributed by atoms with van der Waals surface area (Å²) < 4.78 is 0. The largest absolute Gasteiger partial charge is 0.366 e. The van der Waals surface area contributed by atoms with Gasteiger partial charge in [0.1, 0.15) is 5.70 Å². The number of nitrogens with zero attached hydrogens (tertiary/aromatic N) is 3. The number of likely N-dealkylation sites (N-methyl/N-ethyl adjacent to an activating group) is 1. The molecule has 2 heterocycles. The lowest BCUT2D eigenvalue weighted by molar-refractivity contribution is -0.139. The number of hydrogen-bond donors (Lipinski definition) is 0. The highest BCUT2D eigenvalue weighted by Gasteiger charge is 2.44. The van der Waals surface area contributed by atoms with Crippen LogP contribution < -0.4 is 0 Å². The lowest BCUT2D eigenvalue weighted by Crippen LogP contribution is -2.44. The number of likely N-dealkylation sites (tertiary alicyclic amines) is 1. The average Bonchev–Trinajstić information content (AvgIpc) is 2.85. The van der Waals surface area contributed by atoms with Crippen molar-refractivity contribution in [1.82, 2.24) is 14.7 Å². The SMILES string of the molecule is CC(C)N1C(=O)C(c2ccc(Cl)cc2Cl)=C(N(C)C2CCN(C)CC2)C1=O. The van der Waals surface area contributed by atoms with Crippen LogP contribution in [-0.4, -0.2) is 65.8 Å². The van der Waals surface area contributed by atoms with Gasteiger partial charge in [-0.05, 0) is 59.0 Å². The number of piperidine rings is 1. The molecule has 1 aromatic rings. The Morgan fingerprint density at radius 3 is 2.30 bits per heavy atom. The fourth-order valence-electron chi connectivity index (χ4n) is 3.83. The molecule has 146 valence electrons. The van der Waals surface area contributed by atoms with Crippen molar-refractivity contribution in [2.75, 3.05) is 27.2 Å². The van der Waals surface area contributed by atoms with Crippen LogP contribution in [0.5, 0.6) is 0 Å². The van der Waals surface area contributed by atoms with E-state index < -0.39 is 0 Å². The highest BCUT2D eigenvalue weighted by Crippen LogP contribution is 2.37. The molecule has 2 aliphatic heterocycles. The van der Waals surface area contributed by atoms with Crippen molar-refractivity contribution in [2.45, 2.75) is 38.8 Å². The molecule has 27 heavy (non-hydrogen) atoms. The van der Waals surface area contributed by atoms with Crippen LogP contribution >= 0.6 is 23.2 Å². The number of rotatable bonds is 4. The highest BCUT2D eigenvalue weighted by atomic mass is 35.5. The van der Waals surface area contributed by atoms with Gasteiger partial charge in [-0.25, -0.2) is 0 Å². The Labute approximate surface area is 170 Å². The fraction of sp³-hybridized carbons (Fsp3) is 0.500. The zero-order valence-electron chi connectivity index (χ0n) is 16.1. The molecule has 2 aliphatic rings. The molecule has 0 saturated carbocycles. The fourth-order valence-corrected chi connectivity index (χ4v) is 4.33. The molecule has 0 N–H and O–H groups in total. The lowest BCUT2D eigenvalue weighted by atomic mass is 10.00. The standard InChI is InChI=1S/C20H25Cl2N3O2/c1-12(2)25-19(26)17(15-6-5-13(21)11-16(15)22)18(20(25)27)24(4)14-7-9-23(3)10-8-14/h5-6,11-12,14H,7-10H2,1-4H3. The van der Waals surface area contributed by atoms with Gasteiger partial charge in [-0.1, -0.05) is 29.3 Å². The number of carbonyl (C=O) groups excluding carboxylic acids is 2. The van der Waals surface area contributed by atoms with E-state index in [2.05, 4.69) is 11.9 Å². The number of imide groups is 1. The van der Waals surface area contributed by atoms with Crippen molar-refractivity contribution in [3.8, 4) is 0 Å². The molecule has 0 aliphatic carbocycles. The predicted octanol–water partition coefficient (Wildman–Crippen LogP) is 3.51. The molecule has 0 spiro atoms. The van der Waals surface area contributed by atoms with E-state index in [-0.39, 0.29) is 23.9 Å². The molecule has 1 aromatic carbocycles. The summed E-state index contributed by atoms with van der Waals surface area (Å²) in [6.45, 7) is 5.62. The third kappa shape index (κ3) is 3.73. The van der Waals surface area contributed by atoms with Crippen LogP contribution in [-0.2, 0) is 9.59 Å². The van der Waals surface area contributed by atoms with Crippen molar-refractivity contribution in [2.24, 2.45) is 0 Å². The molecule has 3 rings (SSSR count). The van der Waals surface area contributed by atoms with Crippen LogP contribution in [0.4, 0.5) is 0 Å². The van der Waals surface area contributed by atoms with Crippen LogP contribution in [0, 0.1) is 0 Å². The zero-order chi connectivity index (χ0) is 19.9. The normalized spacial score (nSPS) is 19.6. The summed E-state index contributed by atoms with van der Waals surface area (Å²) in [7, 11) is 4.00. The average molecular weight is 410 g/mol. The summed E-state index contributed by atoms with van der Waals surface area (Å²) in [4.78, 5) is 31.9. The molecule has 0 aromatic heterocycles. The van der Waals surface area contributed by atoms with E-state index >= 15 is 0 Å². The maximum atomic E-state index is 13.2. The number of carbonyl (C=O) groups is 2. The van der Waals surface area contributed by atoms with Crippen LogP contribution in [0.15, 0.2) is 23.9 Å². The van der Waals surface area contributed by atoms with Crippen molar-refractivity contribution in [3.05, 3.63) is 39.5 Å². The third-order valence-electron chi connectivity index (χ3n) is 5.40. The molecule has 0 radical (unpaired) electrons. The van der Waals surface area contributed by atoms with Crippen molar-refractivity contribution in [3.63, 3.8) is 0 Å². The Balaban J connectivity index is 2.09. The van der Waals surface area contributed by atoms with Gasteiger partial charge in [-0.2, -0.15) is 0 Å². The lowest BCUT2D eigenvalue weighted by Gasteiger charge is -2.36. The van der Waals surface area contributed by atoms with Gasteiger partial charge in [0.05, 0.1) is 10.6 Å². The van der Waals surface area contributed by atoms with E-state index in [1.54, 1.807) is 18.2 Å². The smallest absolute Gasteiger partial charge is 0.278 e. The second-order valence-electron chi connectivity index (χ2n) is 7.57. The van der Waals surface area contributed by atoms with Gasteiger partial charge in [0.25, 0.3) is 11.8 Å². The summed E-state index contributed by atoms with van der Waals surface area (Å²) in [5, 5.41) is 0.866. The number of amides is 2. The van der Waals surface area contributed by atoms with Gasteiger partial charge in [0.15, 0.2) is 0 Å². The van der Waals surface area contributed by atoms with Gasteiger partial charge < -0.3 is 9.80 Å². The van der Waals surface area contributed by atoms with Gasteiger partial charge in [-0.3, -0.25) is 14.5 Å². The van der Waals surface area contributed by atoms with E-state index in [4.69, 9.17) is 23.2 Å². The summed E-state index contributed by atoms with van der Waals surface area (Å²) in [5.41, 5.74) is 1.36. The highest BCUT2D eigenvalue weighted by molar-refractivity contribution is 6.41. The first-order valence-corrected chi connectivity index (χ1v) is 9.97. The minimum Gasteiger partial charge on any atom is -0.366 e. The first-order valence-electron chi connectivity index (χ1n) is 9.21. The maximum absolute atomic E-state index is 13.2. The molecular formula is C20H25Cl2N3O2. The molecule has 0 unspecified atom stereocenters. The monoisotopic (exact) mass is 409 g/mol. The van der Waals surface area contributed by atoms with Crippen LogP contribution in [0.2, 0.25) is 10.0 Å². The van der Waals surface area contributed by atoms with E-state index in [0.29, 0.717) is 26.9 Å². The third-order valence-corrected chi connectivity index (χ3v) is 5.94. The van der Waals surface area contributed by atoms with E-state index in [9.17, 15) is 9.59 Å². The Morgan fingerprint density at radius 1 is 1.11 bits per heavy atom. The van der Waals surface area contributed by atoms with E-state index in [1.165, 1.54) is 4.90 Å². The molecule has 2 amide bonds. The zero-order valence-corrected chi connectivity index (χ0v) is 17.6. The molecular weight excluding hydrogens is 385 g/mol. The van der Waals surface area contributed by atoms with Crippen molar-refractivity contribution >= 4 is 40.6 Å². The Bertz CT molecular complexity index is 798. The van der Waals surface area contributed by atoms with E-state index in [0.717, 1.165) is 25.9 Å². The molecule has 1 fully saturated rings. The summed E-state index contributed by atoms with van der Waals surface area (Å²) in [6, 6.07) is 5.00. The second kappa shape index (κ2) is 7.82. The molecule has 1 saturated heterocycles. The minimum absolute atomic E-state index is 0.209. The predicted molar refractivity (Wildman–Crippen MR) is 109 cm³/mol. The summed E-state index contributed by atoms with van der Waals surface area (Å²) >= 11 is 12.4. The molecule has 7 heteroatoms. The number of halogens is 2. The first kappa shape index (κ1) is 20.2. The maximum Gasteiger partial charge on any atom is 0.278 e. The van der Waals surface area contributed by atoms with Gasteiger partial charge in [-0.15, -0.1) is 0 Å². The summed E-state index contributed by atoms with van der Waals surface area (Å²) in [6.07, 6.45) is 1.89. The van der Waals surface area contributed by atoms with Crippen LogP contribution in [0.1, 0.15) is 32.3 Å². The van der Waals surface area contributed by atoms with Gasteiger partial charge in [0, 0.05) is 29.7 Å². The van der Waals surface area contributed by atoms with Gasteiger partial charge >= 0.3 is 0 Å². The Hall–Kier alpha value is -1.56. The minimum atomic E-state index is -0.297. The van der Waals surface area contributed by atoms with E-state index in [1.807, 2.05) is 25.8 Å². The molecule has 0 bridgehead atoms. The number of benzene rings is 1.